The summed E-state index contributed by atoms with van der Waals surface area (Å²) in [6.07, 6.45) is 1.28. The van der Waals surface area contributed by atoms with E-state index in [1.807, 2.05) is 54.6 Å². The van der Waals surface area contributed by atoms with Crippen molar-refractivity contribution < 1.29 is 13.2 Å². The van der Waals surface area contributed by atoms with Gasteiger partial charge in [-0.3, -0.25) is 4.79 Å². The van der Waals surface area contributed by atoms with Crippen LogP contribution in [0.15, 0.2) is 83.8 Å². The van der Waals surface area contributed by atoms with Gasteiger partial charge in [-0.05, 0) is 48.7 Å². The molecule has 0 aromatic heterocycles. The lowest BCUT2D eigenvalue weighted by molar-refractivity contribution is -0.120. The maximum atomic E-state index is 13.1. The summed E-state index contributed by atoms with van der Waals surface area (Å²) in [5.41, 5.74) is 2.66. The largest absolute Gasteiger partial charge is 0.325 e. The normalized spacial score (nSPS) is 17.3. The average Bonchev–Trinajstić information content (AvgIpc) is 2.80. The number of piperidine rings is 1. The Hall–Kier alpha value is -2.67. The molecule has 1 amide bonds. The second kappa shape index (κ2) is 9.22. The summed E-state index contributed by atoms with van der Waals surface area (Å²) in [6, 6.07) is 23.6. The fourth-order valence-corrected chi connectivity index (χ4v) is 5.48. The summed E-state index contributed by atoms with van der Waals surface area (Å²) in [5.74, 6) is -0.584. The molecule has 31 heavy (non-hydrogen) atoms. The molecule has 4 rings (SSSR count). The lowest BCUT2D eigenvalue weighted by Crippen LogP contribution is -2.43. The summed E-state index contributed by atoms with van der Waals surface area (Å²) in [6.45, 7) is 0.555. The molecular weight excluding hydrogens is 432 g/mol. The number of nitrogens with one attached hydrogen (secondary N) is 1. The molecule has 0 bridgehead atoms. The minimum atomic E-state index is -3.67. The standard InChI is InChI=1S/C24H23ClN2O3S/c25-20-12-14-21(15-13-20)31(29,30)27-16-6-9-19(17-27)24(28)26-23-11-5-4-10-22(23)18-7-2-1-3-8-18/h1-5,7-8,10-15,19H,6,9,16-17H2,(H,26,28). The number of carbonyl (C=O) groups excluding carboxylic acids is 1. The summed E-state index contributed by atoms with van der Waals surface area (Å²) in [7, 11) is -3.67. The van der Waals surface area contributed by atoms with Gasteiger partial charge in [0.15, 0.2) is 0 Å². The van der Waals surface area contributed by atoms with E-state index in [4.69, 9.17) is 11.6 Å². The third-order valence-corrected chi connectivity index (χ3v) is 7.61. The van der Waals surface area contributed by atoms with E-state index in [9.17, 15) is 13.2 Å². The number of sulfonamides is 1. The SMILES string of the molecule is O=C(Nc1ccccc1-c1ccccc1)C1CCCN(S(=O)(=O)c2ccc(Cl)cc2)C1. The zero-order valence-corrected chi connectivity index (χ0v) is 18.4. The van der Waals surface area contributed by atoms with Crippen LogP contribution >= 0.6 is 11.6 Å². The first-order chi connectivity index (χ1) is 14.9. The van der Waals surface area contributed by atoms with Crippen LogP contribution in [0.3, 0.4) is 0 Å². The second-order valence-corrected chi connectivity index (χ2v) is 9.93. The van der Waals surface area contributed by atoms with E-state index in [1.165, 1.54) is 16.4 Å². The molecule has 0 radical (unpaired) electrons. The minimum Gasteiger partial charge on any atom is -0.325 e. The van der Waals surface area contributed by atoms with Gasteiger partial charge >= 0.3 is 0 Å². The number of para-hydroxylation sites is 1. The quantitative estimate of drug-likeness (QED) is 0.586. The van der Waals surface area contributed by atoms with Gasteiger partial charge < -0.3 is 5.32 Å². The monoisotopic (exact) mass is 454 g/mol. The van der Waals surface area contributed by atoms with Crippen molar-refractivity contribution >= 4 is 33.2 Å². The molecule has 1 aliphatic heterocycles. The molecule has 5 nitrogen and oxygen atoms in total. The van der Waals surface area contributed by atoms with Gasteiger partial charge in [-0.15, -0.1) is 0 Å². The van der Waals surface area contributed by atoms with Gasteiger partial charge in [0.25, 0.3) is 0 Å². The van der Waals surface area contributed by atoms with Crippen LogP contribution < -0.4 is 5.32 Å². The number of benzene rings is 3. The maximum absolute atomic E-state index is 13.1. The zero-order valence-electron chi connectivity index (χ0n) is 16.9. The topological polar surface area (TPSA) is 66.5 Å². The Labute approximate surface area is 187 Å². The van der Waals surface area contributed by atoms with Crippen LogP contribution in [0.25, 0.3) is 11.1 Å². The van der Waals surface area contributed by atoms with Gasteiger partial charge in [0, 0.05) is 29.4 Å². The van der Waals surface area contributed by atoms with Crippen LogP contribution in [0.5, 0.6) is 0 Å². The number of amides is 1. The van der Waals surface area contributed by atoms with E-state index in [1.54, 1.807) is 12.1 Å². The number of hydrogen-bond donors (Lipinski definition) is 1. The number of rotatable bonds is 5. The van der Waals surface area contributed by atoms with Gasteiger partial charge in [-0.2, -0.15) is 4.31 Å². The summed E-state index contributed by atoms with van der Waals surface area (Å²) in [5, 5.41) is 3.50. The Morgan fingerprint density at radius 2 is 1.61 bits per heavy atom. The predicted molar refractivity (Wildman–Crippen MR) is 123 cm³/mol. The van der Waals surface area contributed by atoms with E-state index in [2.05, 4.69) is 5.32 Å². The lowest BCUT2D eigenvalue weighted by Gasteiger charge is -2.31. The molecule has 1 aliphatic rings. The molecule has 160 valence electrons. The van der Waals surface area contributed by atoms with Gasteiger partial charge in [-0.1, -0.05) is 60.1 Å². The van der Waals surface area contributed by atoms with Crippen molar-refractivity contribution in [3.8, 4) is 11.1 Å². The highest BCUT2D eigenvalue weighted by Gasteiger charge is 2.33. The van der Waals surface area contributed by atoms with Crippen molar-refractivity contribution in [3.63, 3.8) is 0 Å². The van der Waals surface area contributed by atoms with Crippen LogP contribution in [0, 0.1) is 5.92 Å². The van der Waals surface area contributed by atoms with Crippen molar-refractivity contribution in [1.29, 1.82) is 0 Å². The van der Waals surface area contributed by atoms with E-state index >= 15 is 0 Å². The maximum Gasteiger partial charge on any atom is 0.243 e. The number of halogens is 1. The second-order valence-electron chi connectivity index (χ2n) is 7.56. The summed E-state index contributed by atoms with van der Waals surface area (Å²) in [4.78, 5) is 13.2. The molecule has 1 heterocycles. The van der Waals surface area contributed by atoms with Gasteiger partial charge in [0.1, 0.15) is 0 Å². The Morgan fingerprint density at radius 1 is 0.935 bits per heavy atom. The third kappa shape index (κ3) is 4.82. The number of nitrogens with zero attached hydrogens (tertiary/aromatic N) is 1. The third-order valence-electron chi connectivity index (χ3n) is 5.48. The number of hydrogen-bond acceptors (Lipinski definition) is 3. The molecule has 1 unspecified atom stereocenters. The molecule has 3 aromatic carbocycles. The molecule has 1 atom stereocenters. The van der Waals surface area contributed by atoms with Crippen molar-refractivity contribution in [1.82, 2.24) is 4.31 Å². The average molecular weight is 455 g/mol. The molecule has 1 saturated heterocycles. The van der Waals surface area contributed by atoms with E-state index in [0.29, 0.717) is 24.4 Å². The van der Waals surface area contributed by atoms with Gasteiger partial charge in [0.05, 0.1) is 10.8 Å². The smallest absolute Gasteiger partial charge is 0.243 e. The first kappa shape index (κ1) is 21.6. The van der Waals surface area contributed by atoms with Crippen LogP contribution in [0.4, 0.5) is 5.69 Å². The highest BCUT2D eigenvalue weighted by molar-refractivity contribution is 7.89. The Balaban J connectivity index is 1.51. The first-order valence-corrected chi connectivity index (χ1v) is 12.0. The van der Waals surface area contributed by atoms with Crippen molar-refractivity contribution in [2.45, 2.75) is 17.7 Å². The van der Waals surface area contributed by atoms with Gasteiger partial charge in [-0.25, -0.2) is 8.42 Å². The highest BCUT2D eigenvalue weighted by atomic mass is 35.5. The zero-order chi connectivity index (χ0) is 21.8. The first-order valence-electron chi connectivity index (χ1n) is 10.2. The summed E-state index contributed by atoms with van der Waals surface area (Å²) < 4.78 is 27.4. The molecule has 7 heteroatoms. The Kier molecular flexibility index (Phi) is 6.41. The molecular formula is C24H23ClN2O3S. The van der Waals surface area contributed by atoms with Crippen molar-refractivity contribution in [2.75, 3.05) is 18.4 Å². The molecule has 0 spiro atoms. The Bertz CT molecular complexity index is 1160. The van der Waals surface area contributed by atoms with E-state index in [-0.39, 0.29) is 17.3 Å². The highest BCUT2D eigenvalue weighted by Crippen LogP contribution is 2.30. The van der Waals surface area contributed by atoms with Gasteiger partial charge in [0.2, 0.25) is 15.9 Å². The molecule has 1 N–H and O–H groups in total. The predicted octanol–water partition coefficient (Wildman–Crippen LogP) is 5.05. The van der Waals surface area contributed by atoms with Crippen LogP contribution in [0.2, 0.25) is 5.02 Å². The minimum absolute atomic E-state index is 0.157. The molecule has 3 aromatic rings. The number of anilines is 1. The number of carbonyl (C=O) groups is 1. The molecule has 0 saturated carbocycles. The Morgan fingerprint density at radius 3 is 2.35 bits per heavy atom. The van der Waals surface area contributed by atoms with Crippen molar-refractivity contribution in [2.24, 2.45) is 5.92 Å². The van der Waals surface area contributed by atoms with E-state index in [0.717, 1.165) is 16.8 Å². The fraction of sp³-hybridized carbons (Fsp3) is 0.208. The van der Waals surface area contributed by atoms with E-state index < -0.39 is 15.9 Å². The van der Waals surface area contributed by atoms with Crippen LogP contribution in [-0.4, -0.2) is 31.7 Å². The van der Waals surface area contributed by atoms with Crippen molar-refractivity contribution in [3.05, 3.63) is 83.9 Å². The molecule has 0 aliphatic carbocycles. The van der Waals surface area contributed by atoms with Crippen LogP contribution in [0.1, 0.15) is 12.8 Å². The lowest BCUT2D eigenvalue weighted by atomic mass is 9.98. The van der Waals surface area contributed by atoms with Crippen LogP contribution in [-0.2, 0) is 14.8 Å². The fourth-order valence-electron chi connectivity index (χ4n) is 3.83. The summed E-state index contributed by atoms with van der Waals surface area (Å²) >= 11 is 5.88. The molecule has 1 fully saturated rings.